The lowest BCUT2D eigenvalue weighted by molar-refractivity contribution is 0.484. The number of benzene rings is 2. The third-order valence-electron chi connectivity index (χ3n) is 3.41. The maximum atomic E-state index is 9.59. The van der Waals surface area contributed by atoms with E-state index in [9.17, 15) is 9.79 Å². The van der Waals surface area contributed by atoms with E-state index in [-0.39, 0.29) is 6.29 Å². The van der Waals surface area contributed by atoms with Crippen LogP contribution >= 0.6 is 43.5 Å². The summed E-state index contributed by atoms with van der Waals surface area (Å²) in [5.41, 5.74) is 2.50. The Morgan fingerprint density at radius 1 is 1.08 bits per heavy atom. The van der Waals surface area contributed by atoms with Gasteiger partial charge in [0.2, 0.25) is 0 Å². The predicted octanol–water partition coefficient (Wildman–Crippen LogP) is 5.62. The number of hydrogen-bond donors (Lipinski definition) is 2. The van der Waals surface area contributed by atoms with Gasteiger partial charge in [0.25, 0.3) is 0 Å². The molecule has 4 nitrogen and oxygen atoms in total. The molecule has 0 radical (unpaired) electrons. The van der Waals surface area contributed by atoms with Crippen molar-refractivity contribution < 1.29 is 9.79 Å². The van der Waals surface area contributed by atoms with Crippen LogP contribution in [0.25, 0.3) is 10.9 Å². The van der Waals surface area contributed by atoms with Gasteiger partial charge in [0.15, 0.2) is 8.38 Å². The van der Waals surface area contributed by atoms with Crippen molar-refractivity contribution in [2.45, 2.75) is 11.8 Å². The van der Waals surface area contributed by atoms with Crippen LogP contribution in [0.2, 0.25) is 10.0 Å². The van der Waals surface area contributed by atoms with Crippen molar-refractivity contribution in [3.63, 3.8) is 0 Å². The summed E-state index contributed by atoms with van der Waals surface area (Å²) in [6.07, 6.45) is 0.0683. The van der Waals surface area contributed by atoms with Gasteiger partial charge in [-0.05, 0) is 49.2 Å². The van der Waals surface area contributed by atoms with Crippen molar-refractivity contribution >= 4 is 60.1 Å². The highest BCUT2D eigenvalue weighted by Crippen LogP contribution is 2.39. The van der Waals surface area contributed by atoms with Crippen molar-refractivity contribution in [3.05, 3.63) is 64.3 Å². The molecule has 0 aliphatic carbocycles. The number of pyridine rings is 1. The largest absolute Gasteiger partial charge is 0.349 e. The average molecular weight is 413 g/mol. The minimum Gasteiger partial charge on any atom is -0.349 e. The molecule has 25 heavy (non-hydrogen) atoms. The summed E-state index contributed by atoms with van der Waals surface area (Å²) in [7, 11) is -2.13. The van der Waals surface area contributed by atoms with Crippen LogP contribution in [-0.2, 0) is 0 Å². The molecule has 2 aromatic carbocycles. The topological polar surface area (TPSA) is 56.6 Å². The number of rotatable bonds is 5. The number of nitrogens with zero attached hydrogens (tertiary/aromatic N) is 2. The van der Waals surface area contributed by atoms with Gasteiger partial charge in [0.1, 0.15) is 0 Å². The van der Waals surface area contributed by atoms with Crippen LogP contribution in [0.15, 0.2) is 53.4 Å². The molecule has 1 aromatic heterocycles. The first-order chi connectivity index (χ1) is 11.9. The Kier molecular flexibility index (Phi) is 6.05. The SMILES string of the molecule is Cc1ccc2cccc(N(CP(O)O)Sc3cc(Cl)cc(Cl)c3)c2n1. The van der Waals surface area contributed by atoms with E-state index in [2.05, 4.69) is 4.98 Å². The summed E-state index contributed by atoms with van der Waals surface area (Å²) in [5, 5.41) is 2.03. The molecule has 0 atom stereocenters. The van der Waals surface area contributed by atoms with E-state index in [0.29, 0.717) is 10.0 Å². The van der Waals surface area contributed by atoms with E-state index in [4.69, 9.17) is 23.2 Å². The van der Waals surface area contributed by atoms with Crippen LogP contribution in [0.5, 0.6) is 0 Å². The fourth-order valence-corrected chi connectivity index (χ4v) is 4.85. The lowest BCUT2D eigenvalue weighted by atomic mass is 10.2. The summed E-state index contributed by atoms with van der Waals surface area (Å²) in [6, 6.07) is 15.0. The molecule has 8 heteroatoms. The smallest absolute Gasteiger partial charge is 0.187 e. The first kappa shape index (κ1) is 18.7. The van der Waals surface area contributed by atoms with Gasteiger partial charge < -0.3 is 14.1 Å². The number of anilines is 1. The molecule has 0 aliphatic heterocycles. The zero-order valence-electron chi connectivity index (χ0n) is 13.2. The molecule has 3 rings (SSSR count). The Morgan fingerprint density at radius 2 is 1.80 bits per heavy atom. The third-order valence-corrected chi connectivity index (χ3v) is 5.57. The predicted molar refractivity (Wildman–Crippen MR) is 108 cm³/mol. The second kappa shape index (κ2) is 8.09. The molecular weight excluding hydrogens is 398 g/mol. The molecule has 3 aromatic rings. The highest BCUT2D eigenvalue weighted by molar-refractivity contribution is 8.01. The van der Waals surface area contributed by atoms with E-state index < -0.39 is 8.38 Å². The second-order valence-electron chi connectivity index (χ2n) is 5.39. The van der Waals surface area contributed by atoms with Crippen LogP contribution < -0.4 is 4.31 Å². The number of halogens is 2. The molecule has 1 heterocycles. The number of fused-ring (bicyclic) bond motifs is 1. The Bertz CT molecular complexity index is 891. The minimum absolute atomic E-state index is 0.0683. The molecule has 2 N–H and O–H groups in total. The molecule has 130 valence electrons. The lowest BCUT2D eigenvalue weighted by Crippen LogP contribution is -2.15. The maximum absolute atomic E-state index is 9.59. The Hall–Kier alpha value is -1.07. The summed E-state index contributed by atoms with van der Waals surface area (Å²) < 4.78 is 1.81. The molecule has 0 saturated carbocycles. The number of aromatic nitrogens is 1. The zero-order chi connectivity index (χ0) is 18.0. The van der Waals surface area contributed by atoms with Gasteiger partial charge in [-0.3, -0.25) is 4.98 Å². The molecule has 0 aliphatic rings. The molecule has 0 unspecified atom stereocenters. The van der Waals surface area contributed by atoms with E-state index in [1.54, 1.807) is 18.2 Å². The standard InChI is InChI=1S/C17H15Cl2N2O2PS/c1-11-5-6-12-3-2-4-16(17(12)20-11)21(10-24(22)23)25-15-8-13(18)7-14(19)9-15/h2-9,22-23H,10H2,1H3. The van der Waals surface area contributed by atoms with Gasteiger partial charge in [0, 0.05) is 26.0 Å². The average Bonchev–Trinajstić information content (AvgIpc) is 2.52. The monoisotopic (exact) mass is 412 g/mol. The van der Waals surface area contributed by atoms with Crippen LogP contribution in [-0.4, -0.2) is 21.1 Å². The normalized spacial score (nSPS) is 11.3. The maximum Gasteiger partial charge on any atom is 0.187 e. The van der Waals surface area contributed by atoms with Crippen molar-refractivity contribution in [1.82, 2.24) is 4.98 Å². The van der Waals surface area contributed by atoms with Gasteiger partial charge in [0.05, 0.1) is 17.5 Å². The van der Waals surface area contributed by atoms with E-state index in [1.165, 1.54) is 11.9 Å². The molecule has 0 saturated heterocycles. The Balaban J connectivity index is 2.05. The van der Waals surface area contributed by atoms with Gasteiger partial charge >= 0.3 is 0 Å². The van der Waals surface area contributed by atoms with Crippen LogP contribution in [0.1, 0.15) is 5.69 Å². The fourth-order valence-electron chi connectivity index (χ4n) is 2.41. The van der Waals surface area contributed by atoms with Gasteiger partial charge in [-0.2, -0.15) is 0 Å². The molecule has 0 amide bonds. The van der Waals surface area contributed by atoms with Crippen LogP contribution in [0.4, 0.5) is 5.69 Å². The summed E-state index contributed by atoms with van der Waals surface area (Å²) in [4.78, 5) is 24.6. The van der Waals surface area contributed by atoms with Crippen molar-refractivity contribution in [2.24, 2.45) is 0 Å². The zero-order valence-corrected chi connectivity index (χ0v) is 16.4. The third kappa shape index (κ3) is 4.76. The molecule has 0 fully saturated rings. The van der Waals surface area contributed by atoms with Gasteiger partial charge in [-0.25, -0.2) is 0 Å². The summed E-state index contributed by atoms with van der Waals surface area (Å²) >= 11 is 13.5. The Labute approximate surface area is 161 Å². The fraction of sp³-hybridized carbons (Fsp3) is 0.118. The lowest BCUT2D eigenvalue weighted by Gasteiger charge is -2.25. The summed E-state index contributed by atoms with van der Waals surface area (Å²) in [5.74, 6) is 0. The second-order valence-corrected chi connectivity index (χ2v) is 8.39. The van der Waals surface area contributed by atoms with E-state index in [0.717, 1.165) is 27.2 Å². The van der Waals surface area contributed by atoms with Gasteiger partial charge in [-0.15, -0.1) is 0 Å². The van der Waals surface area contributed by atoms with Gasteiger partial charge in [-0.1, -0.05) is 41.4 Å². The van der Waals surface area contributed by atoms with E-state index >= 15 is 0 Å². The minimum atomic E-state index is -2.13. The summed E-state index contributed by atoms with van der Waals surface area (Å²) in [6.45, 7) is 1.93. The number of hydrogen-bond acceptors (Lipinski definition) is 5. The number of aryl methyl sites for hydroxylation is 1. The molecule has 0 spiro atoms. The molecule has 0 bridgehead atoms. The van der Waals surface area contributed by atoms with Crippen LogP contribution in [0.3, 0.4) is 0 Å². The highest BCUT2D eigenvalue weighted by Gasteiger charge is 2.17. The van der Waals surface area contributed by atoms with E-state index in [1.807, 2.05) is 41.6 Å². The Morgan fingerprint density at radius 3 is 2.48 bits per heavy atom. The van der Waals surface area contributed by atoms with Crippen molar-refractivity contribution in [2.75, 3.05) is 10.6 Å². The quantitative estimate of drug-likeness (QED) is 0.420. The van der Waals surface area contributed by atoms with Crippen molar-refractivity contribution in [3.8, 4) is 0 Å². The first-order valence-electron chi connectivity index (χ1n) is 7.35. The van der Waals surface area contributed by atoms with Crippen molar-refractivity contribution in [1.29, 1.82) is 0 Å². The molecular formula is C17H15Cl2N2O2PS. The van der Waals surface area contributed by atoms with Crippen LogP contribution in [0, 0.1) is 6.92 Å². The first-order valence-corrected chi connectivity index (χ1v) is 10.3. The highest BCUT2D eigenvalue weighted by atomic mass is 35.5. The number of para-hydroxylation sites is 1.